The molecule has 15 heavy (non-hydrogen) atoms. The van der Waals surface area contributed by atoms with Crippen LogP contribution in [0.4, 0.5) is 0 Å². The molecule has 0 fully saturated rings. The van der Waals surface area contributed by atoms with E-state index in [1.165, 1.54) is 13.0 Å². The zero-order valence-electron chi connectivity index (χ0n) is 7.82. The number of allylic oxidation sites excluding steroid dienone is 1. The zero-order valence-corrected chi connectivity index (χ0v) is 10.2. The van der Waals surface area contributed by atoms with Gasteiger partial charge in [0, 0.05) is 21.0 Å². The number of hydrogen-bond donors (Lipinski definition) is 0. The molecule has 0 saturated heterocycles. The lowest BCUT2D eigenvalue weighted by Gasteiger charge is -2.01. The second kappa shape index (κ2) is 3.28. The van der Waals surface area contributed by atoms with E-state index in [1.807, 2.05) is 0 Å². The van der Waals surface area contributed by atoms with E-state index in [1.54, 1.807) is 12.1 Å². The molecule has 0 amide bonds. The number of benzene rings is 1. The minimum absolute atomic E-state index is 0.205. The quantitative estimate of drug-likeness (QED) is 0.795. The second-order valence-electron chi connectivity index (χ2n) is 3.27. The van der Waals surface area contributed by atoms with Crippen molar-refractivity contribution in [3.63, 3.8) is 0 Å². The highest BCUT2D eigenvalue weighted by Gasteiger charge is 2.28. The molecule has 1 aromatic rings. The van der Waals surface area contributed by atoms with Crippen molar-refractivity contribution in [3.05, 3.63) is 33.6 Å². The zero-order chi connectivity index (χ0) is 11.2. The lowest BCUT2D eigenvalue weighted by atomic mass is 10.1. The molecule has 0 aliphatic carbocycles. The molecule has 2 rings (SSSR count). The molecule has 3 nitrogen and oxygen atoms in total. The highest BCUT2D eigenvalue weighted by atomic mass is 79.9. The number of carbonyl (C=O) groups excluding carboxylic acids is 1. The van der Waals surface area contributed by atoms with Gasteiger partial charge in [-0.3, -0.25) is 4.79 Å². The average molecular weight is 287 g/mol. The van der Waals surface area contributed by atoms with Gasteiger partial charge in [-0.15, -0.1) is 0 Å². The standard InChI is InChI=1S/C10H7BrO3S/c1-6(12)9-5-15(13,14)10-3-2-7(11)4-8(9)10/h2-5H,1H3. The fourth-order valence-corrected chi connectivity index (χ4v) is 3.34. The summed E-state index contributed by atoms with van der Waals surface area (Å²) < 4.78 is 24.0. The Labute approximate surface area is 95.9 Å². The van der Waals surface area contributed by atoms with E-state index in [9.17, 15) is 13.2 Å². The Hall–Kier alpha value is -0.940. The van der Waals surface area contributed by atoms with E-state index in [2.05, 4.69) is 15.9 Å². The third-order valence-corrected chi connectivity index (χ3v) is 4.20. The molecule has 0 aromatic heterocycles. The van der Waals surface area contributed by atoms with Gasteiger partial charge in [-0.05, 0) is 25.1 Å². The fourth-order valence-electron chi connectivity index (χ4n) is 1.52. The first-order valence-corrected chi connectivity index (χ1v) is 6.53. The summed E-state index contributed by atoms with van der Waals surface area (Å²) in [7, 11) is -3.42. The Morgan fingerprint density at radius 1 is 1.33 bits per heavy atom. The normalized spacial score (nSPS) is 17.1. The van der Waals surface area contributed by atoms with Gasteiger partial charge in [-0.25, -0.2) is 8.42 Å². The van der Waals surface area contributed by atoms with Crippen LogP contribution in [0.3, 0.4) is 0 Å². The van der Waals surface area contributed by atoms with Crippen LogP contribution in [0.2, 0.25) is 0 Å². The van der Waals surface area contributed by atoms with Crippen LogP contribution in [0.5, 0.6) is 0 Å². The molecule has 0 saturated carbocycles. The van der Waals surface area contributed by atoms with Crippen molar-refractivity contribution >= 4 is 37.1 Å². The van der Waals surface area contributed by atoms with Gasteiger partial charge in [0.2, 0.25) is 9.84 Å². The predicted octanol–water partition coefficient (Wildman–Crippen LogP) is 2.17. The summed E-state index contributed by atoms with van der Waals surface area (Å²) in [6, 6.07) is 4.79. The molecular weight excluding hydrogens is 280 g/mol. The van der Waals surface area contributed by atoms with Gasteiger partial charge < -0.3 is 0 Å². The molecule has 0 N–H and O–H groups in total. The van der Waals surface area contributed by atoms with Crippen molar-refractivity contribution in [2.24, 2.45) is 0 Å². The molecule has 0 bridgehead atoms. The highest BCUT2D eigenvalue weighted by Crippen LogP contribution is 2.35. The first-order valence-electron chi connectivity index (χ1n) is 4.19. The molecule has 0 unspecified atom stereocenters. The number of Topliss-reactive ketones (excluding diaryl/α,β-unsaturated/α-hetero) is 1. The van der Waals surface area contributed by atoms with Crippen LogP contribution in [0.15, 0.2) is 33.0 Å². The van der Waals surface area contributed by atoms with E-state index >= 15 is 0 Å². The number of carbonyl (C=O) groups is 1. The van der Waals surface area contributed by atoms with Crippen molar-refractivity contribution in [2.45, 2.75) is 11.8 Å². The van der Waals surface area contributed by atoms with Crippen LogP contribution in [0, 0.1) is 0 Å². The van der Waals surface area contributed by atoms with Crippen molar-refractivity contribution in [1.29, 1.82) is 0 Å². The molecule has 78 valence electrons. The Morgan fingerprint density at radius 2 is 2.00 bits per heavy atom. The summed E-state index contributed by atoms with van der Waals surface area (Å²) >= 11 is 3.25. The number of rotatable bonds is 1. The minimum atomic E-state index is -3.42. The van der Waals surface area contributed by atoms with Gasteiger partial charge in [0.15, 0.2) is 5.78 Å². The summed E-state index contributed by atoms with van der Waals surface area (Å²) in [4.78, 5) is 11.5. The molecule has 1 aliphatic heterocycles. The van der Waals surface area contributed by atoms with E-state index in [4.69, 9.17) is 0 Å². The van der Waals surface area contributed by atoms with Gasteiger partial charge in [-0.2, -0.15) is 0 Å². The third kappa shape index (κ3) is 1.66. The van der Waals surface area contributed by atoms with E-state index in [0.717, 1.165) is 9.88 Å². The van der Waals surface area contributed by atoms with Crippen LogP contribution < -0.4 is 0 Å². The molecule has 1 aromatic carbocycles. The predicted molar refractivity (Wildman–Crippen MR) is 60.0 cm³/mol. The Morgan fingerprint density at radius 3 is 2.60 bits per heavy atom. The number of fused-ring (bicyclic) bond motifs is 1. The van der Waals surface area contributed by atoms with Crippen LogP contribution in [-0.2, 0) is 14.6 Å². The van der Waals surface area contributed by atoms with Gasteiger partial charge in [-0.1, -0.05) is 15.9 Å². The third-order valence-electron chi connectivity index (χ3n) is 2.19. The molecule has 5 heteroatoms. The lowest BCUT2D eigenvalue weighted by molar-refractivity contribution is -0.111. The Balaban J connectivity index is 2.80. The molecule has 1 aliphatic rings. The van der Waals surface area contributed by atoms with E-state index in [-0.39, 0.29) is 16.3 Å². The maximum absolute atomic E-state index is 11.6. The van der Waals surface area contributed by atoms with Crippen LogP contribution in [0.25, 0.3) is 5.57 Å². The lowest BCUT2D eigenvalue weighted by Crippen LogP contribution is -1.94. The number of sulfone groups is 1. The summed E-state index contributed by atoms with van der Waals surface area (Å²) in [6.45, 7) is 1.36. The smallest absolute Gasteiger partial charge is 0.201 e. The maximum Gasteiger partial charge on any atom is 0.201 e. The number of ketones is 1. The summed E-state index contributed by atoms with van der Waals surface area (Å²) in [6.07, 6.45) is 0. The summed E-state index contributed by atoms with van der Waals surface area (Å²) in [5, 5.41) is 1.03. The van der Waals surface area contributed by atoms with E-state index in [0.29, 0.717) is 5.56 Å². The van der Waals surface area contributed by atoms with Gasteiger partial charge in [0.05, 0.1) is 4.90 Å². The van der Waals surface area contributed by atoms with Crippen molar-refractivity contribution in [2.75, 3.05) is 0 Å². The largest absolute Gasteiger partial charge is 0.294 e. The topological polar surface area (TPSA) is 51.2 Å². The first kappa shape index (κ1) is 10.6. The number of halogens is 1. The monoisotopic (exact) mass is 286 g/mol. The minimum Gasteiger partial charge on any atom is -0.294 e. The maximum atomic E-state index is 11.6. The average Bonchev–Trinajstić information content (AvgIpc) is 2.38. The van der Waals surface area contributed by atoms with E-state index < -0.39 is 9.84 Å². The summed E-state index contributed by atoms with van der Waals surface area (Å²) in [5.74, 6) is -0.240. The van der Waals surface area contributed by atoms with Gasteiger partial charge >= 0.3 is 0 Å². The molecular formula is C10H7BrO3S. The van der Waals surface area contributed by atoms with Crippen LogP contribution >= 0.6 is 15.9 Å². The number of hydrogen-bond acceptors (Lipinski definition) is 3. The second-order valence-corrected chi connectivity index (χ2v) is 5.95. The van der Waals surface area contributed by atoms with Gasteiger partial charge in [0.25, 0.3) is 0 Å². The van der Waals surface area contributed by atoms with Crippen molar-refractivity contribution in [1.82, 2.24) is 0 Å². The molecule has 0 spiro atoms. The Kier molecular flexibility index (Phi) is 2.31. The van der Waals surface area contributed by atoms with Crippen molar-refractivity contribution in [3.8, 4) is 0 Å². The highest BCUT2D eigenvalue weighted by molar-refractivity contribution is 9.10. The van der Waals surface area contributed by atoms with Gasteiger partial charge in [0.1, 0.15) is 0 Å². The molecule has 0 radical (unpaired) electrons. The van der Waals surface area contributed by atoms with Crippen molar-refractivity contribution < 1.29 is 13.2 Å². The SMILES string of the molecule is CC(=O)C1=CS(=O)(=O)c2ccc(Br)cc21. The molecule has 1 heterocycles. The molecule has 0 atom stereocenters. The first-order chi connectivity index (χ1) is 6.92. The Bertz CT molecular complexity index is 585. The fraction of sp³-hybridized carbons (Fsp3) is 0.100. The van der Waals surface area contributed by atoms with Crippen LogP contribution in [-0.4, -0.2) is 14.2 Å². The summed E-state index contributed by atoms with van der Waals surface area (Å²) in [5.41, 5.74) is 0.739. The van der Waals surface area contributed by atoms with Crippen LogP contribution in [0.1, 0.15) is 12.5 Å².